The van der Waals surface area contributed by atoms with Crippen LogP contribution in [0.4, 0.5) is 9.18 Å². The minimum absolute atomic E-state index is 0.0664. The van der Waals surface area contributed by atoms with Crippen molar-refractivity contribution < 1.29 is 28.2 Å². The number of carbonyl (C=O) groups excluding carboxylic acids is 3. The number of hydrogen-bond acceptors (Lipinski definition) is 6. The van der Waals surface area contributed by atoms with Gasteiger partial charge in [0.25, 0.3) is 11.8 Å². The van der Waals surface area contributed by atoms with Crippen molar-refractivity contribution in [3.05, 3.63) is 59.9 Å². The van der Waals surface area contributed by atoms with Crippen molar-refractivity contribution in [1.29, 1.82) is 0 Å². The van der Waals surface area contributed by atoms with Crippen LogP contribution in [0.2, 0.25) is 0 Å². The zero-order chi connectivity index (χ0) is 23.3. The molecular formula is C22H25FN4O5. The van der Waals surface area contributed by atoms with Crippen LogP contribution in [-0.2, 0) is 15.1 Å². The van der Waals surface area contributed by atoms with Crippen molar-refractivity contribution in [2.75, 3.05) is 33.9 Å². The molecule has 1 aliphatic heterocycles. The highest BCUT2D eigenvalue weighted by atomic mass is 19.1. The average Bonchev–Trinajstić information content (AvgIpc) is 2.99. The number of amides is 4. The maximum absolute atomic E-state index is 12.9. The Hall–Kier alpha value is -3.66. The van der Waals surface area contributed by atoms with Gasteiger partial charge in [-0.05, 0) is 55.9 Å². The summed E-state index contributed by atoms with van der Waals surface area (Å²) in [5, 5.41) is 3.31. The smallest absolute Gasteiger partial charge is 0.344 e. The number of carbonyl (C=O) groups is 3. The fourth-order valence-corrected chi connectivity index (χ4v) is 3.20. The number of nitrogens with one attached hydrogen (secondary N) is 2. The van der Waals surface area contributed by atoms with Gasteiger partial charge in [-0.2, -0.15) is 5.01 Å². The molecule has 1 heterocycles. The minimum atomic E-state index is -1.31. The summed E-state index contributed by atoms with van der Waals surface area (Å²) in [6.07, 6.45) is 0. The number of halogens is 1. The van der Waals surface area contributed by atoms with E-state index in [4.69, 9.17) is 9.47 Å². The quantitative estimate of drug-likeness (QED) is 0.571. The second kappa shape index (κ2) is 9.65. The summed E-state index contributed by atoms with van der Waals surface area (Å²) in [6, 6.07) is 11.6. The monoisotopic (exact) mass is 444 g/mol. The van der Waals surface area contributed by atoms with E-state index in [1.54, 1.807) is 43.1 Å². The molecule has 9 nitrogen and oxygen atoms in total. The molecule has 0 spiro atoms. The lowest BCUT2D eigenvalue weighted by atomic mass is 9.92. The number of methoxy groups -OCH3 is 1. The van der Waals surface area contributed by atoms with Gasteiger partial charge in [-0.15, -0.1) is 0 Å². The predicted octanol–water partition coefficient (Wildman–Crippen LogP) is 1.64. The summed E-state index contributed by atoms with van der Waals surface area (Å²) in [7, 11) is 3.23. The third-order valence-corrected chi connectivity index (χ3v) is 5.06. The zero-order valence-electron chi connectivity index (χ0n) is 18.1. The van der Waals surface area contributed by atoms with Crippen molar-refractivity contribution in [1.82, 2.24) is 20.7 Å². The van der Waals surface area contributed by atoms with Crippen LogP contribution in [0.25, 0.3) is 0 Å². The fraction of sp³-hybridized carbons (Fsp3) is 0.318. The largest absolute Gasteiger partial charge is 0.497 e. The number of nitrogens with zero attached hydrogens (tertiary/aromatic N) is 2. The van der Waals surface area contributed by atoms with E-state index in [0.717, 1.165) is 0 Å². The molecule has 0 radical (unpaired) electrons. The van der Waals surface area contributed by atoms with Crippen LogP contribution in [0.5, 0.6) is 11.5 Å². The Labute approximate surface area is 185 Å². The number of benzene rings is 2. The van der Waals surface area contributed by atoms with Crippen molar-refractivity contribution in [2.24, 2.45) is 0 Å². The highest BCUT2D eigenvalue weighted by Gasteiger charge is 2.50. The van der Waals surface area contributed by atoms with E-state index in [1.807, 2.05) is 0 Å². The van der Waals surface area contributed by atoms with Crippen LogP contribution in [0.15, 0.2) is 48.5 Å². The Morgan fingerprint density at radius 2 is 1.75 bits per heavy atom. The SMILES string of the molecule is COc1ccc(C2(C)NC(=O)N(NC(=O)CN(C)CCOc3ccc(F)cc3)C2=O)cc1. The van der Waals surface area contributed by atoms with Crippen molar-refractivity contribution >= 4 is 17.8 Å². The fourth-order valence-electron chi connectivity index (χ4n) is 3.20. The van der Waals surface area contributed by atoms with E-state index in [0.29, 0.717) is 28.6 Å². The number of urea groups is 1. The molecule has 0 aliphatic carbocycles. The predicted molar refractivity (Wildman–Crippen MR) is 113 cm³/mol. The first kappa shape index (κ1) is 23.0. The van der Waals surface area contributed by atoms with Gasteiger partial charge in [0, 0.05) is 6.54 Å². The zero-order valence-corrected chi connectivity index (χ0v) is 18.1. The summed E-state index contributed by atoms with van der Waals surface area (Å²) < 4.78 is 23.5. The summed E-state index contributed by atoms with van der Waals surface area (Å²) in [4.78, 5) is 39.3. The Morgan fingerprint density at radius 1 is 1.12 bits per heavy atom. The summed E-state index contributed by atoms with van der Waals surface area (Å²) in [6.45, 7) is 2.17. The van der Waals surface area contributed by atoms with Crippen LogP contribution >= 0.6 is 0 Å². The van der Waals surface area contributed by atoms with Crippen LogP contribution in [0.1, 0.15) is 12.5 Å². The van der Waals surface area contributed by atoms with Gasteiger partial charge in [0.2, 0.25) is 0 Å². The normalized spacial score (nSPS) is 18.0. The molecule has 1 unspecified atom stereocenters. The molecule has 0 bridgehead atoms. The van der Waals surface area contributed by atoms with E-state index in [2.05, 4.69) is 10.7 Å². The van der Waals surface area contributed by atoms with E-state index in [-0.39, 0.29) is 19.0 Å². The Balaban J connectivity index is 1.52. The van der Waals surface area contributed by atoms with E-state index >= 15 is 0 Å². The van der Waals surface area contributed by atoms with Crippen LogP contribution in [0.3, 0.4) is 0 Å². The van der Waals surface area contributed by atoms with Gasteiger partial charge in [0.05, 0.1) is 13.7 Å². The molecule has 32 heavy (non-hydrogen) atoms. The molecular weight excluding hydrogens is 419 g/mol. The molecule has 1 saturated heterocycles. The Morgan fingerprint density at radius 3 is 2.38 bits per heavy atom. The highest BCUT2D eigenvalue weighted by Crippen LogP contribution is 2.29. The molecule has 1 atom stereocenters. The van der Waals surface area contributed by atoms with Gasteiger partial charge < -0.3 is 14.8 Å². The molecule has 1 fully saturated rings. The topological polar surface area (TPSA) is 100 Å². The van der Waals surface area contributed by atoms with Gasteiger partial charge in [-0.1, -0.05) is 12.1 Å². The number of rotatable bonds is 9. The molecule has 3 rings (SSSR count). The molecule has 2 aromatic carbocycles. The molecule has 2 aromatic rings. The van der Waals surface area contributed by atoms with Crippen molar-refractivity contribution in [2.45, 2.75) is 12.5 Å². The standard InChI is InChI=1S/C22H25FN4O5/c1-22(15-4-8-17(31-3)9-5-15)20(29)27(21(30)24-22)25-19(28)14-26(2)12-13-32-18-10-6-16(23)7-11-18/h4-11H,12-14H2,1-3H3,(H,24,30)(H,25,28). The van der Waals surface area contributed by atoms with E-state index in [1.165, 1.54) is 31.4 Å². The van der Waals surface area contributed by atoms with E-state index in [9.17, 15) is 18.8 Å². The lowest BCUT2D eigenvalue weighted by Crippen LogP contribution is -2.50. The molecule has 2 N–H and O–H groups in total. The maximum Gasteiger partial charge on any atom is 0.344 e. The van der Waals surface area contributed by atoms with E-state index < -0.39 is 23.4 Å². The van der Waals surface area contributed by atoms with Crippen LogP contribution < -0.4 is 20.2 Å². The summed E-state index contributed by atoms with van der Waals surface area (Å²) in [5.74, 6) is -0.345. The second-order valence-electron chi connectivity index (χ2n) is 7.50. The lowest BCUT2D eigenvalue weighted by Gasteiger charge is -2.23. The van der Waals surface area contributed by atoms with Gasteiger partial charge >= 0.3 is 6.03 Å². The third-order valence-electron chi connectivity index (χ3n) is 5.06. The van der Waals surface area contributed by atoms with Gasteiger partial charge in [0.1, 0.15) is 29.5 Å². The number of ether oxygens (including phenoxy) is 2. The average molecular weight is 444 g/mol. The van der Waals surface area contributed by atoms with Crippen molar-refractivity contribution in [3.8, 4) is 11.5 Å². The lowest BCUT2D eigenvalue weighted by molar-refractivity contribution is -0.139. The van der Waals surface area contributed by atoms with Crippen LogP contribution in [0, 0.1) is 5.82 Å². The maximum atomic E-state index is 12.9. The number of imide groups is 1. The number of hydrazine groups is 1. The van der Waals surface area contributed by atoms with Crippen LogP contribution in [-0.4, -0.2) is 61.6 Å². The first-order valence-electron chi connectivity index (χ1n) is 9.90. The number of hydrogen-bond donors (Lipinski definition) is 2. The first-order chi connectivity index (χ1) is 15.2. The Kier molecular flexibility index (Phi) is 6.94. The third kappa shape index (κ3) is 5.14. The summed E-state index contributed by atoms with van der Waals surface area (Å²) >= 11 is 0. The van der Waals surface area contributed by atoms with Gasteiger partial charge in [-0.3, -0.25) is 19.9 Å². The second-order valence-corrected chi connectivity index (χ2v) is 7.50. The minimum Gasteiger partial charge on any atom is -0.497 e. The molecule has 170 valence electrons. The van der Waals surface area contributed by atoms with Crippen molar-refractivity contribution in [3.63, 3.8) is 0 Å². The summed E-state index contributed by atoms with van der Waals surface area (Å²) in [5.41, 5.74) is 1.60. The molecule has 10 heteroatoms. The molecule has 0 saturated carbocycles. The van der Waals surface area contributed by atoms with Gasteiger partial charge in [0.15, 0.2) is 0 Å². The number of likely N-dealkylation sites (N-methyl/N-ethyl adjacent to an activating group) is 1. The molecule has 4 amide bonds. The van der Waals surface area contributed by atoms with Gasteiger partial charge in [-0.25, -0.2) is 9.18 Å². The highest BCUT2D eigenvalue weighted by molar-refractivity contribution is 6.08. The molecule has 1 aliphatic rings. The first-order valence-corrected chi connectivity index (χ1v) is 9.90. The molecule has 0 aromatic heterocycles. The Bertz CT molecular complexity index is 983.